The summed E-state index contributed by atoms with van der Waals surface area (Å²) in [6.45, 7) is 1.95. The summed E-state index contributed by atoms with van der Waals surface area (Å²) >= 11 is 0. The molecule has 3 aromatic heterocycles. The highest BCUT2D eigenvalue weighted by Gasteiger charge is 2.07. The summed E-state index contributed by atoms with van der Waals surface area (Å²) in [5.74, 6) is 0. The predicted molar refractivity (Wildman–Crippen MR) is 68.5 cm³/mol. The Morgan fingerprint density at radius 2 is 1.94 bits per heavy atom. The number of rotatable bonds is 2. The van der Waals surface area contributed by atoms with Crippen LogP contribution in [-0.4, -0.2) is 20.7 Å². The van der Waals surface area contributed by atoms with Crippen molar-refractivity contribution >= 4 is 11.9 Å². The number of nitrogens with zero attached hydrogens (tertiary/aromatic N) is 3. The molecule has 0 bridgehead atoms. The fraction of sp³-hybridized carbons (Fsp3) is 0.0714. The maximum absolute atomic E-state index is 10.8. The van der Waals surface area contributed by atoms with Gasteiger partial charge in [-0.05, 0) is 31.2 Å². The maximum atomic E-state index is 10.8. The molecule has 0 aliphatic heterocycles. The van der Waals surface area contributed by atoms with E-state index in [-0.39, 0.29) is 0 Å². The Balaban J connectivity index is 2.28. The molecule has 0 radical (unpaired) electrons. The number of aromatic nitrogens is 3. The van der Waals surface area contributed by atoms with Gasteiger partial charge in [0.15, 0.2) is 6.29 Å². The molecule has 3 heterocycles. The minimum atomic E-state index is 0.426. The lowest BCUT2D eigenvalue weighted by Gasteiger charge is -2.05. The third-order valence-corrected chi connectivity index (χ3v) is 2.78. The van der Waals surface area contributed by atoms with Crippen LogP contribution in [-0.2, 0) is 0 Å². The van der Waals surface area contributed by atoms with Crippen LogP contribution >= 0.6 is 0 Å². The first-order valence-corrected chi connectivity index (χ1v) is 5.65. The van der Waals surface area contributed by atoms with Crippen LogP contribution in [0.4, 0.5) is 0 Å². The highest BCUT2D eigenvalue weighted by atomic mass is 16.1. The quantitative estimate of drug-likeness (QED) is 0.643. The first kappa shape index (κ1) is 10.7. The Morgan fingerprint density at radius 3 is 2.72 bits per heavy atom. The van der Waals surface area contributed by atoms with Crippen molar-refractivity contribution in [2.45, 2.75) is 6.92 Å². The van der Waals surface area contributed by atoms with Gasteiger partial charge in [-0.3, -0.25) is 14.2 Å². The molecule has 0 unspecified atom stereocenters. The molecule has 0 spiro atoms. The number of aldehydes is 1. The fourth-order valence-corrected chi connectivity index (χ4v) is 1.98. The molecule has 4 heteroatoms. The zero-order valence-corrected chi connectivity index (χ0v) is 9.87. The summed E-state index contributed by atoms with van der Waals surface area (Å²) in [7, 11) is 0. The van der Waals surface area contributed by atoms with Gasteiger partial charge in [0.2, 0.25) is 0 Å². The highest BCUT2D eigenvalue weighted by Crippen LogP contribution is 2.19. The molecule has 0 fully saturated rings. The Bertz CT molecular complexity index is 731. The van der Waals surface area contributed by atoms with E-state index in [0.29, 0.717) is 5.69 Å². The number of pyridine rings is 2. The lowest BCUT2D eigenvalue weighted by atomic mass is 10.2. The molecule has 88 valence electrons. The smallest absolute Gasteiger partial charge is 0.170 e. The van der Waals surface area contributed by atoms with E-state index in [1.165, 1.54) is 0 Å². The van der Waals surface area contributed by atoms with Crippen molar-refractivity contribution in [2.24, 2.45) is 0 Å². The number of carbonyl (C=O) groups excluding carboxylic acids is 1. The van der Waals surface area contributed by atoms with Crippen LogP contribution in [0, 0.1) is 6.92 Å². The van der Waals surface area contributed by atoms with E-state index >= 15 is 0 Å². The van der Waals surface area contributed by atoms with Crippen molar-refractivity contribution in [1.82, 2.24) is 14.4 Å². The van der Waals surface area contributed by atoms with E-state index in [4.69, 9.17) is 0 Å². The third kappa shape index (κ3) is 1.68. The number of imidazole rings is 1. The van der Waals surface area contributed by atoms with Crippen LogP contribution in [0.5, 0.6) is 0 Å². The van der Waals surface area contributed by atoms with Crippen molar-refractivity contribution in [1.29, 1.82) is 0 Å². The average molecular weight is 237 g/mol. The van der Waals surface area contributed by atoms with Crippen LogP contribution in [0.15, 0.2) is 42.6 Å². The fourth-order valence-electron chi connectivity index (χ4n) is 1.98. The zero-order valence-electron chi connectivity index (χ0n) is 9.87. The molecule has 3 rings (SSSR count). The van der Waals surface area contributed by atoms with E-state index < -0.39 is 0 Å². The minimum Gasteiger partial charge on any atom is -0.297 e. The molecule has 3 aromatic rings. The van der Waals surface area contributed by atoms with Gasteiger partial charge in [-0.2, -0.15) is 0 Å². The molecule has 4 nitrogen and oxygen atoms in total. The molecular weight excluding hydrogens is 226 g/mol. The van der Waals surface area contributed by atoms with E-state index in [0.717, 1.165) is 29.0 Å². The van der Waals surface area contributed by atoms with Gasteiger partial charge in [0, 0.05) is 11.9 Å². The van der Waals surface area contributed by atoms with Crippen molar-refractivity contribution in [3.8, 4) is 11.4 Å². The first-order chi connectivity index (χ1) is 8.78. The molecule has 0 saturated carbocycles. The summed E-state index contributed by atoms with van der Waals surface area (Å²) in [6.07, 6.45) is 2.47. The molecule has 0 saturated heterocycles. The number of carbonyl (C=O) groups is 1. The Kier molecular flexibility index (Phi) is 2.41. The third-order valence-electron chi connectivity index (χ3n) is 2.78. The summed E-state index contributed by atoms with van der Waals surface area (Å²) in [4.78, 5) is 19.5. The highest BCUT2D eigenvalue weighted by molar-refractivity contribution is 5.74. The van der Waals surface area contributed by atoms with Gasteiger partial charge in [0.25, 0.3) is 0 Å². The van der Waals surface area contributed by atoms with Gasteiger partial charge < -0.3 is 0 Å². The van der Waals surface area contributed by atoms with Crippen LogP contribution in [0.25, 0.3) is 17.0 Å². The summed E-state index contributed by atoms with van der Waals surface area (Å²) in [6, 6.07) is 11.6. The van der Waals surface area contributed by atoms with Gasteiger partial charge in [-0.25, -0.2) is 4.98 Å². The van der Waals surface area contributed by atoms with Crippen molar-refractivity contribution in [3.05, 3.63) is 54.0 Å². The molecule has 0 aliphatic rings. The van der Waals surface area contributed by atoms with Gasteiger partial charge in [0.1, 0.15) is 11.3 Å². The summed E-state index contributed by atoms with van der Waals surface area (Å²) in [5, 5.41) is 0. The average Bonchev–Trinajstić information content (AvgIpc) is 2.81. The van der Waals surface area contributed by atoms with Crippen molar-refractivity contribution < 1.29 is 4.79 Å². The Labute approximate surface area is 104 Å². The van der Waals surface area contributed by atoms with E-state index in [1.54, 1.807) is 6.20 Å². The van der Waals surface area contributed by atoms with Crippen molar-refractivity contribution in [3.63, 3.8) is 0 Å². The minimum absolute atomic E-state index is 0.426. The molecular formula is C14H11N3O. The lowest BCUT2D eigenvalue weighted by Crippen LogP contribution is -1.93. The van der Waals surface area contributed by atoms with Gasteiger partial charge in [0.05, 0.1) is 11.4 Å². The Hall–Kier alpha value is -2.49. The summed E-state index contributed by atoms with van der Waals surface area (Å²) < 4.78 is 1.88. The molecule has 18 heavy (non-hydrogen) atoms. The number of aryl methyl sites for hydroxylation is 1. The molecule has 0 aromatic carbocycles. The van der Waals surface area contributed by atoms with E-state index in [9.17, 15) is 4.79 Å². The second kappa shape index (κ2) is 4.07. The second-order valence-electron chi connectivity index (χ2n) is 4.09. The Morgan fingerprint density at radius 1 is 1.11 bits per heavy atom. The zero-order chi connectivity index (χ0) is 12.5. The summed E-state index contributed by atoms with van der Waals surface area (Å²) in [5.41, 5.74) is 3.93. The van der Waals surface area contributed by atoms with Crippen molar-refractivity contribution in [2.75, 3.05) is 0 Å². The SMILES string of the molecule is Cc1cccc(-c2cccc3nc(C=O)cn23)n1. The second-order valence-corrected chi connectivity index (χ2v) is 4.09. The largest absolute Gasteiger partial charge is 0.297 e. The van der Waals surface area contributed by atoms with E-state index in [1.807, 2.05) is 47.7 Å². The monoisotopic (exact) mass is 237 g/mol. The van der Waals surface area contributed by atoms with Gasteiger partial charge in [-0.15, -0.1) is 0 Å². The molecule has 0 atom stereocenters. The molecule has 0 amide bonds. The number of fused-ring (bicyclic) bond motifs is 1. The van der Waals surface area contributed by atoms with Crippen LogP contribution in [0.1, 0.15) is 16.2 Å². The van der Waals surface area contributed by atoms with Crippen LogP contribution in [0.3, 0.4) is 0 Å². The topological polar surface area (TPSA) is 47.3 Å². The molecule has 0 aliphatic carbocycles. The van der Waals surface area contributed by atoms with E-state index in [2.05, 4.69) is 9.97 Å². The predicted octanol–water partition coefficient (Wildman–Crippen LogP) is 2.52. The maximum Gasteiger partial charge on any atom is 0.170 e. The first-order valence-electron chi connectivity index (χ1n) is 5.65. The number of hydrogen-bond donors (Lipinski definition) is 0. The van der Waals surface area contributed by atoms with Gasteiger partial charge >= 0.3 is 0 Å². The van der Waals surface area contributed by atoms with Crippen LogP contribution < -0.4 is 0 Å². The van der Waals surface area contributed by atoms with Gasteiger partial charge in [-0.1, -0.05) is 12.1 Å². The van der Waals surface area contributed by atoms with Crippen LogP contribution in [0.2, 0.25) is 0 Å². The normalized spacial score (nSPS) is 10.7. The lowest BCUT2D eigenvalue weighted by molar-refractivity contribution is 0.111. The standard InChI is InChI=1S/C14H11N3O/c1-10-4-2-5-12(15-10)13-6-3-7-14-16-11(9-18)8-17(13)14/h2-9H,1H3. The number of hydrogen-bond acceptors (Lipinski definition) is 3. The molecule has 0 N–H and O–H groups in total.